The Balaban J connectivity index is 1.75. The standard InChI is InChI=1S/C9H14O2/c1-7-2-9(3-7)4-8(5-9)11-6-10/h6-8H,2-5H2,1H3. The maximum absolute atomic E-state index is 9.97. The van der Waals surface area contributed by atoms with Gasteiger partial charge < -0.3 is 4.74 Å². The van der Waals surface area contributed by atoms with E-state index in [1.165, 1.54) is 12.8 Å². The van der Waals surface area contributed by atoms with E-state index >= 15 is 0 Å². The van der Waals surface area contributed by atoms with Gasteiger partial charge in [-0.2, -0.15) is 0 Å². The van der Waals surface area contributed by atoms with Crippen molar-refractivity contribution in [2.75, 3.05) is 0 Å². The van der Waals surface area contributed by atoms with Crippen molar-refractivity contribution >= 4 is 6.47 Å². The molecule has 0 N–H and O–H groups in total. The molecule has 0 aliphatic heterocycles. The smallest absolute Gasteiger partial charge is 0.293 e. The van der Waals surface area contributed by atoms with Crippen LogP contribution in [0.1, 0.15) is 32.6 Å². The number of ether oxygens (including phenoxy) is 1. The van der Waals surface area contributed by atoms with Gasteiger partial charge in [-0.25, -0.2) is 0 Å². The van der Waals surface area contributed by atoms with Crippen molar-refractivity contribution in [2.45, 2.75) is 38.7 Å². The first kappa shape index (κ1) is 7.14. The molecule has 62 valence electrons. The van der Waals surface area contributed by atoms with E-state index in [0.717, 1.165) is 18.8 Å². The first-order chi connectivity index (χ1) is 5.24. The Hall–Kier alpha value is -0.530. The zero-order chi connectivity index (χ0) is 7.90. The van der Waals surface area contributed by atoms with E-state index in [0.29, 0.717) is 11.9 Å². The lowest BCUT2D eigenvalue weighted by Gasteiger charge is -2.56. The summed E-state index contributed by atoms with van der Waals surface area (Å²) in [5.41, 5.74) is 0.604. The molecule has 2 nitrogen and oxygen atoms in total. The SMILES string of the molecule is CC1CC2(C1)CC(OC=O)C2. The third kappa shape index (κ3) is 1.05. The lowest BCUT2D eigenvalue weighted by atomic mass is 9.51. The third-order valence-electron chi connectivity index (χ3n) is 3.13. The first-order valence-corrected chi connectivity index (χ1v) is 4.33. The van der Waals surface area contributed by atoms with E-state index in [2.05, 4.69) is 6.92 Å². The lowest BCUT2D eigenvalue weighted by molar-refractivity contribution is -0.158. The van der Waals surface area contributed by atoms with Crippen LogP contribution in [-0.4, -0.2) is 12.6 Å². The normalized spacial score (nSPS) is 47.7. The highest BCUT2D eigenvalue weighted by Crippen LogP contribution is 2.59. The molecule has 0 unspecified atom stereocenters. The van der Waals surface area contributed by atoms with Crippen LogP contribution in [0.5, 0.6) is 0 Å². The maximum atomic E-state index is 9.97. The zero-order valence-electron chi connectivity index (χ0n) is 6.88. The average Bonchev–Trinajstić information content (AvgIpc) is 1.80. The van der Waals surface area contributed by atoms with Crippen molar-refractivity contribution in [1.82, 2.24) is 0 Å². The quantitative estimate of drug-likeness (QED) is 0.566. The van der Waals surface area contributed by atoms with Crippen LogP contribution in [0.4, 0.5) is 0 Å². The molecule has 0 heterocycles. The Morgan fingerprint density at radius 1 is 1.36 bits per heavy atom. The molecule has 0 radical (unpaired) electrons. The predicted octanol–water partition coefficient (Wildman–Crippen LogP) is 1.74. The van der Waals surface area contributed by atoms with Crippen molar-refractivity contribution in [3.63, 3.8) is 0 Å². The van der Waals surface area contributed by atoms with Crippen molar-refractivity contribution < 1.29 is 9.53 Å². The van der Waals surface area contributed by atoms with Gasteiger partial charge in [0.25, 0.3) is 6.47 Å². The van der Waals surface area contributed by atoms with Gasteiger partial charge in [-0.05, 0) is 37.0 Å². The van der Waals surface area contributed by atoms with Crippen LogP contribution in [0, 0.1) is 11.3 Å². The molecule has 0 aromatic heterocycles. The molecular weight excluding hydrogens is 140 g/mol. The van der Waals surface area contributed by atoms with E-state index in [1.807, 2.05) is 0 Å². The van der Waals surface area contributed by atoms with E-state index in [4.69, 9.17) is 4.74 Å². The maximum Gasteiger partial charge on any atom is 0.293 e. The fourth-order valence-corrected chi connectivity index (χ4v) is 2.83. The number of hydrogen-bond donors (Lipinski definition) is 0. The Morgan fingerprint density at radius 3 is 2.45 bits per heavy atom. The molecule has 2 fully saturated rings. The number of hydrogen-bond acceptors (Lipinski definition) is 2. The van der Waals surface area contributed by atoms with Crippen LogP contribution in [0.2, 0.25) is 0 Å². The van der Waals surface area contributed by atoms with E-state index in [9.17, 15) is 4.79 Å². The molecule has 2 aliphatic carbocycles. The van der Waals surface area contributed by atoms with Gasteiger partial charge in [-0.3, -0.25) is 4.79 Å². The second-order valence-corrected chi connectivity index (χ2v) is 4.28. The zero-order valence-corrected chi connectivity index (χ0v) is 6.88. The summed E-state index contributed by atoms with van der Waals surface area (Å²) >= 11 is 0. The Morgan fingerprint density at radius 2 is 2.00 bits per heavy atom. The van der Waals surface area contributed by atoms with Gasteiger partial charge in [-0.1, -0.05) is 6.92 Å². The molecule has 0 saturated heterocycles. The minimum atomic E-state index is 0.250. The van der Waals surface area contributed by atoms with Gasteiger partial charge in [0.1, 0.15) is 6.10 Å². The van der Waals surface area contributed by atoms with Crippen LogP contribution >= 0.6 is 0 Å². The highest BCUT2D eigenvalue weighted by molar-refractivity contribution is 5.38. The second-order valence-electron chi connectivity index (χ2n) is 4.28. The largest absolute Gasteiger partial charge is 0.465 e. The molecule has 1 spiro atoms. The highest BCUT2D eigenvalue weighted by atomic mass is 16.5. The monoisotopic (exact) mass is 154 g/mol. The number of carbonyl (C=O) groups is 1. The fourth-order valence-electron chi connectivity index (χ4n) is 2.83. The van der Waals surface area contributed by atoms with Gasteiger partial charge in [-0.15, -0.1) is 0 Å². The van der Waals surface area contributed by atoms with E-state index < -0.39 is 0 Å². The minimum absolute atomic E-state index is 0.250. The van der Waals surface area contributed by atoms with Gasteiger partial charge in [0.05, 0.1) is 0 Å². The summed E-state index contributed by atoms with van der Waals surface area (Å²) < 4.78 is 4.86. The molecule has 0 aromatic carbocycles. The van der Waals surface area contributed by atoms with E-state index in [-0.39, 0.29) is 6.10 Å². The second kappa shape index (κ2) is 2.23. The van der Waals surface area contributed by atoms with Crippen LogP contribution in [0.3, 0.4) is 0 Å². The average molecular weight is 154 g/mol. The molecule has 0 aromatic rings. The Labute approximate surface area is 66.9 Å². The van der Waals surface area contributed by atoms with Crippen LogP contribution < -0.4 is 0 Å². The van der Waals surface area contributed by atoms with Crippen molar-refractivity contribution in [2.24, 2.45) is 11.3 Å². The summed E-state index contributed by atoms with van der Waals surface area (Å²) in [5, 5.41) is 0. The summed E-state index contributed by atoms with van der Waals surface area (Å²) in [4.78, 5) is 9.97. The number of carbonyl (C=O) groups excluding carboxylic acids is 1. The minimum Gasteiger partial charge on any atom is -0.465 e. The third-order valence-corrected chi connectivity index (χ3v) is 3.13. The van der Waals surface area contributed by atoms with Crippen molar-refractivity contribution in [3.05, 3.63) is 0 Å². The van der Waals surface area contributed by atoms with Gasteiger partial charge in [0, 0.05) is 0 Å². The summed E-state index contributed by atoms with van der Waals surface area (Å²) in [5.74, 6) is 0.909. The fraction of sp³-hybridized carbons (Fsp3) is 0.889. The molecule has 0 atom stereocenters. The Bertz CT molecular complexity index is 162. The van der Waals surface area contributed by atoms with Crippen LogP contribution in [0.15, 0.2) is 0 Å². The summed E-state index contributed by atoms with van der Waals surface area (Å²) in [6, 6.07) is 0. The molecular formula is C9H14O2. The molecule has 2 heteroatoms. The highest BCUT2D eigenvalue weighted by Gasteiger charge is 2.52. The summed E-state index contributed by atoms with van der Waals surface area (Å²) in [6.07, 6.45) is 5.20. The van der Waals surface area contributed by atoms with Crippen molar-refractivity contribution in [1.29, 1.82) is 0 Å². The number of rotatable bonds is 2. The molecule has 2 rings (SSSR count). The summed E-state index contributed by atoms with van der Waals surface area (Å²) in [6.45, 7) is 2.87. The van der Waals surface area contributed by atoms with Crippen LogP contribution in [0.25, 0.3) is 0 Å². The molecule has 11 heavy (non-hydrogen) atoms. The topological polar surface area (TPSA) is 26.3 Å². The first-order valence-electron chi connectivity index (χ1n) is 4.33. The van der Waals surface area contributed by atoms with Gasteiger partial charge >= 0.3 is 0 Å². The molecule has 0 bridgehead atoms. The Kier molecular flexibility index (Phi) is 1.44. The molecule has 0 amide bonds. The lowest BCUT2D eigenvalue weighted by Crippen LogP contribution is -2.50. The van der Waals surface area contributed by atoms with Crippen LogP contribution in [-0.2, 0) is 9.53 Å². The molecule has 2 aliphatic rings. The molecule has 2 saturated carbocycles. The van der Waals surface area contributed by atoms with E-state index in [1.54, 1.807) is 0 Å². The van der Waals surface area contributed by atoms with Gasteiger partial charge in [0.2, 0.25) is 0 Å². The van der Waals surface area contributed by atoms with Crippen molar-refractivity contribution in [3.8, 4) is 0 Å². The summed E-state index contributed by atoms with van der Waals surface area (Å²) in [7, 11) is 0. The van der Waals surface area contributed by atoms with Gasteiger partial charge in [0.15, 0.2) is 0 Å². The predicted molar refractivity (Wildman–Crippen MR) is 41.0 cm³/mol.